The number of rotatable bonds is 3. The van der Waals surface area contributed by atoms with Gasteiger partial charge in [-0.3, -0.25) is 0 Å². The molecule has 2 aromatic rings. The van der Waals surface area contributed by atoms with E-state index in [9.17, 15) is 4.39 Å². The van der Waals surface area contributed by atoms with E-state index in [1.165, 1.54) is 33.1 Å². The third kappa shape index (κ3) is 2.97. The fraction of sp³-hybridized carbons (Fsp3) is 0.375. The highest BCUT2D eigenvalue weighted by molar-refractivity contribution is 9.11. The van der Waals surface area contributed by atoms with Crippen molar-refractivity contribution in [2.45, 2.75) is 38.3 Å². The topological polar surface area (TPSA) is 12.0 Å². The summed E-state index contributed by atoms with van der Waals surface area (Å²) in [5.41, 5.74) is 2.42. The molecule has 1 aromatic heterocycles. The highest BCUT2D eigenvalue weighted by Gasteiger charge is 2.24. The number of hydrogen-bond acceptors (Lipinski definition) is 2. The molecule has 0 bridgehead atoms. The Morgan fingerprint density at radius 2 is 2.25 bits per heavy atom. The van der Waals surface area contributed by atoms with Gasteiger partial charge in [-0.05, 0) is 71.4 Å². The molecule has 20 heavy (non-hydrogen) atoms. The summed E-state index contributed by atoms with van der Waals surface area (Å²) in [6.45, 7) is 2.10. The first-order valence-corrected chi connectivity index (χ1v) is 8.54. The van der Waals surface area contributed by atoms with Crippen molar-refractivity contribution in [2.75, 3.05) is 0 Å². The minimum absolute atomic E-state index is 0.153. The van der Waals surface area contributed by atoms with Gasteiger partial charge in [-0.2, -0.15) is 0 Å². The van der Waals surface area contributed by atoms with Crippen molar-refractivity contribution >= 4 is 27.3 Å². The van der Waals surface area contributed by atoms with Gasteiger partial charge in [0.2, 0.25) is 0 Å². The molecule has 1 aromatic carbocycles. The maximum atomic E-state index is 13.3. The number of aryl methyl sites for hydroxylation is 1. The van der Waals surface area contributed by atoms with E-state index in [1.807, 2.05) is 17.4 Å². The third-order valence-corrected chi connectivity index (χ3v) is 5.60. The smallest absolute Gasteiger partial charge is 0.123 e. The van der Waals surface area contributed by atoms with Crippen molar-refractivity contribution in [3.63, 3.8) is 0 Å². The first-order valence-electron chi connectivity index (χ1n) is 6.93. The van der Waals surface area contributed by atoms with Gasteiger partial charge >= 0.3 is 0 Å². The summed E-state index contributed by atoms with van der Waals surface area (Å²) in [5, 5.41) is 3.65. The second-order valence-corrected chi connectivity index (χ2v) is 7.83. The van der Waals surface area contributed by atoms with Gasteiger partial charge in [0.25, 0.3) is 0 Å². The van der Waals surface area contributed by atoms with Crippen LogP contribution in [-0.2, 0) is 6.42 Å². The lowest BCUT2D eigenvalue weighted by molar-refractivity contribution is 0.417. The fourth-order valence-corrected chi connectivity index (χ4v) is 4.69. The van der Waals surface area contributed by atoms with Crippen LogP contribution in [0.1, 0.15) is 47.9 Å². The summed E-state index contributed by atoms with van der Waals surface area (Å²) < 4.78 is 14.5. The van der Waals surface area contributed by atoms with Crippen LogP contribution in [0.2, 0.25) is 0 Å². The Balaban J connectivity index is 1.78. The predicted octanol–water partition coefficient (Wildman–Crippen LogP) is 5.38. The standard InChI is InChI=1S/C16H17BrFNS/c1-10(11-4-2-5-12(18)8-11)19-14-6-3-7-15-13(14)9-16(17)20-15/h2,4-5,8-10,14,19H,3,6-7H2,1H3/t10-,14?/m0/s1. The maximum Gasteiger partial charge on any atom is 0.123 e. The molecule has 2 atom stereocenters. The van der Waals surface area contributed by atoms with Crippen LogP contribution in [0.5, 0.6) is 0 Å². The zero-order chi connectivity index (χ0) is 14.1. The van der Waals surface area contributed by atoms with Crippen molar-refractivity contribution in [3.05, 3.63) is 55.9 Å². The Bertz CT molecular complexity index is 610. The SMILES string of the molecule is C[C@H](NC1CCCc2sc(Br)cc21)c1cccc(F)c1. The maximum absolute atomic E-state index is 13.3. The highest BCUT2D eigenvalue weighted by atomic mass is 79.9. The van der Waals surface area contributed by atoms with E-state index in [1.54, 1.807) is 12.1 Å². The molecule has 1 unspecified atom stereocenters. The Morgan fingerprint density at radius 3 is 3.05 bits per heavy atom. The molecule has 0 radical (unpaired) electrons. The molecule has 1 aliphatic carbocycles. The largest absolute Gasteiger partial charge is 0.303 e. The van der Waals surface area contributed by atoms with Gasteiger partial charge in [0, 0.05) is 17.0 Å². The Kier molecular flexibility index (Phi) is 4.24. The van der Waals surface area contributed by atoms with Crippen molar-refractivity contribution in [1.82, 2.24) is 5.32 Å². The summed E-state index contributed by atoms with van der Waals surface area (Å²) in [7, 11) is 0. The molecule has 1 aliphatic rings. The molecule has 0 spiro atoms. The lowest BCUT2D eigenvalue weighted by Crippen LogP contribution is -2.27. The molecular formula is C16H17BrFNS. The first-order chi connectivity index (χ1) is 9.63. The van der Waals surface area contributed by atoms with Crippen molar-refractivity contribution < 1.29 is 4.39 Å². The van der Waals surface area contributed by atoms with Crippen LogP contribution < -0.4 is 5.32 Å². The number of benzene rings is 1. The minimum atomic E-state index is -0.168. The van der Waals surface area contributed by atoms with Crippen molar-refractivity contribution in [2.24, 2.45) is 0 Å². The van der Waals surface area contributed by atoms with Crippen LogP contribution in [0, 0.1) is 5.82 Å². The zero-order valence-electron chi connectivity index (χ0n) is 11.3. The van der Waals surface area contributed by atoms with E-state index in [0.29, 0.717) is 6.04 Å². The molecule has 1 heterocycles. The summed E-state index contributed by atoms with van der Waals surface area (Å²) in [5.74, 6) is -0.168. The van der Waals surface area contributed by atoms with E-state index in [-0.39, 0.29) is 11.9 Å². The summed E-state index contributed by atoms with van der Waals surface area (Å²) in [4.78, 5) is 1.48. The van der Waals surface area contributed by atoms with Gasteiger partial charge in [-0.25, -0.2) is 4.39 Å². The van der Waals surface area contributed by atoms with Gasteiger partial charge in [0.05, 0.1) is 3.79 Å². The zero-order valence-corrected chi connectivity index (χ0v) is 13.7. The molecule has 1 N–H and O–H groups in total. The van der Waals surface area contributed by atoms with E-state index >= 15 is 0 Å². The van der Waals surface area contributed by atoms with E-state index in [4.69, 9.17) is 0 Å². The second kappa shape index (κ2) is 5.96. The Labute approximate surface area is 131 Å². The fourth-order valence-electron chi connectivity index (χ4n) is 2.87. The lowest BCUT2D eigenvalue weighted by atomic mass is 9.93. The van der Waals surface area contributed by atoms with Crippen LogP contribution in [-0.4, -0.2) is 0 Å². The van der Waals surface area contributed by atoms with E-state index < -0.39 is 0 Å². The minimum Gasteiger partial charge on any atom is -0.303 e. The average molecular weight is 354 g/mol. The number of nitrogens with one attached hydrogen (secondary N) is 1. The Hall–Kier alpha value is -0.710. The van der Waals surface area contributed by atoms with E-state index in [0.717, 1.165) is 12.0 Å². The molecule has 0 aliphatic heterocycles. The van der Waals surface area contributed by atoms with Gasteiger partial charge < -0.3 is 5.32 Å². The number of fused-ring (bicyclic) bond motifs is 1. The molecule has 0 saturated heterocycles. The van der Waals surface area contributed by atoms with Gasteiger partial charge in [0.15, 0.2) is 0 Å². The monoisotopic (exact) mass is 353 g/mol. The number of thiophene rings is 1. The molecule has 0 saturated carbocycles. The number of halogens is 2. The molecule has 4 heteroatoms. The molecular weight excluding hydrogens is 337 g/mol. The molecule has 106 valence electrons. The first kappa shape index (κ1) is 14.2. The van der Waals surface area contributed by atoms with Crippen LogP contribution in [0.25, 0.3) is 0 Å². The van der Waals surface area contributed by atoms with Crippen LogP contribution >= 0.6 is 27.3 Å². The predicted molar refractivity (Wildman–Crippen MR) is 85.6 cm³/mol. The van der Waals surface area contributed by atoms with Crippen LogP contribution in [0.4, 0.5) is 4.39 Å². The second-order valence-electron chi connectivity index (χ2n) is 5.32. The Morgan fingerprint density at radius 1 is 1.40 bits per heavy atom. The molecule has 0 amide bonds. The third-order valence-electron chi connectivity index (χ3n) is 3.88. The molecule has 0 fully saturated rings. The summed E-state index contributed by atoms with van der Waals surface area (Å²) in [6, 6.07) is 9.62. The number of hydrogen-bond donors (Lipinski definition) is 1. The van der Waals surface area contributed by atoms with Crippen molar-refractivity contribution in [3.8, 4) is 0 Å². The van der Waals surface area contributed by atoms with Crippen LogP contribution in [0.3, 0.4) is 0 Å². The van der Waals surface area contributed by atoms with Gasteiger partial charge in [-0.15, -0.1) is 11.3 Å². The quantitative estimate of drug-likeness (QED) is 0.781. The van der Waals surface area contributed by atoms with Crippen LogP contribution in [0.15, 0.2) is 34.1 Å². The summed E-state index contributed by atoms with van der Waals surface area (Å²) in [6.07, 6.45) is 3.54. The van der Waals surface area contributed by atoms with Crippen molar-refractivity contribution in [1.29, 1.82) is 0 Å². The highest BCUT2D eigenvalue weighted by Crippen LogP contribution is 2.38. The normalized spacial score (nSPS) is 19.6. The summed E-state index contributed by atoms with van der Waals surface area (Å²) >= 11 is 5.42. The van der Waals surface area contributed by atoms with Gasteiger partial charge in [0.1, 0.15) is 5.82 Å². The molecule has 1 nitrogen and oxygen atoms in total. The average Bonchev–Trinajstić information content (AvgIpc) is 2.80. The van der Waals surface area contributed by atoms with Gasteiger partial charge in [-0.1, -0.05) is 12.1 Å². The molecule has 3 rings (SSSR count). The van der Waals surface area contributed by atoms with E-state index in [2.05, 4.69) is 34.2 Å². The lowest BCUT2D eigenvalue weighted by Gasteiger charge is -2.27.